The van der Waals surface area contributed by atoms with Crippen molar-refractivity contribution >= 4 is 5.91 Å². The average molecular weight is 223 g/mol. The molecular weight excluding hydrogens is 206 g/mol. The molecule has 0 heterocycles. The van der Waals surface area contributed by atoms with E-state index < -0.39 is 0 Å². The third-order valence-electron chi connectivity index (χ3n) is 2.04. The Morgan fingerprint density at radius 3 is 2.50 bits per heavy atom. The maximum atomic E-state index is 11.7. The van der Waals surface area contributed by atoms with E-state index in [1.165, 1.54) is 18.2 Å². The minimum Gasteiger partial charge on any atom is -0.504 e. The Kier molecular flexibility index (Phi) is 3.42. The second-order valence-corrected chi connectivity index (χ2v) is 4.92. The third kappa shape index (κ3) is 3.15. The summed E-state index contributed by atoms with van der Waals surface area (Å²) < 4.78 is 0. The van der Waals surface area contributed by atoms with Gasteiger partial charge in [-0.25, -0.2) is 0 Å². The molecular formula is C12H17NO3. The van der Waals surface area contributed by atoms with E-state index in [-0.39, 0.29) is 28.4 Å². The van der Waals surface area contributed by atoms with Gasteiger partial charge >= 0.3 is 0 Å². The number of amides is 1. The lowest BCUT2D eigenvalue weighted by Gasteiger charge is -2.18. The van der Waals surface area contributed by atoms with Gasteiger partial charge in [0.1, 0.15) is 0 Å². The number of benzene rings is 1. The summed E-state index contributed by atoms with van der Waals surface area (Å²) in [6.45, 7) is 6.49. The van der Waals surface area contributed by atoms with Crippen LogP contribution in [0.25, 0.3) is 0 Å². The number of rotatable bonds is 2. The van der Waals surface area contributed by atoms with Gasteiger partial charge in [0.25, 0.3) is 5.91 Å². The van der Waals surface area contributed by atoms with Crippen molar-refractivity contribution in [1.82, 2.24) is 5.32 Å². The first-order valence-corrected chi connectivity index (χ1v) is 5.10. The molecule has 0 fully saturated rings. The predicted molar refractivity (Wildman–Crippen MR) is 61.6 cm³/mol. The summed E-state index contributed by atoms with van der Waals surface area (Å²) in [5.74, 6) is -1.05. The lowest BCUT2D eigenvalue weighted by atomic mass is 9.97. The van der Waals surface area contributed by atoms with Crippen LogP contribution in [0, 0.1) is 5.41 Å². The highest BCUT2D eigenvalue weighted by atomic mass is 16.3. The molecule has 0 unspecified atom stereocenters. The first-order valence-electron chi connectivity index (χ1n) is 5.10. The highest BCUT2D eigenvalue weighted by Gasteiger charge is 2.16. The molecule has 0 saturated heterocycles. The van der Waals surface area contributed by atoms with E-state index in [4.69, 9.17) is 0 Å². The van der Waals surface area contributed by atoms with Crippen molar-refractivity contribution in [2.75, 3.05) is 6.54 Å². The highest BCUT2D eigenvalue weighted by Crippen LogP contribution is 2.28. The van der Waals surface area contributed by atoms with Gasteiger partial charge in [-0.2, -0.15) is 0 Å². The van der Waals surface area contributed by atoms with Gasteiger partial charge in [-0.05, 0) is 17.5 Å². The lowest BCUT2D eigenvalue weighted by Crippen LogP contribution is -2.32. The van der Waals surface area contributed by atoms with Crippen molar-refractivity contribution in [3.63, 3.8) is 0 Å². The van der Waals surface area contributed by atoms with Gasteiger partial charge in [0.05, 0.1) is 5.56 Å². The number of carbonyl (C=O) groups excluding carboxylic acids is 1. The molecule has 0 aliphatic carbocycles. The normalized spacial score (nSPS) is 11.2. The van der Waals surface area contributed by atoms with Gasteiger partial charge < -0.3 is 15.5 Å². The number of hydrogen-bond acceptors (Lipinski definition) is 3. The van der Waals surface area contributed by atoms with Crippen LogP contribution in [0.3, 0.4) is 0 Å². The van der Waals surface area contributed by atoms with Crippen molar-refractivity contribution in [2.45, 2.75) is 20.8 Å². The van der Waals surface area contributed by atoms with Gasteiger partial charge in [-0.3, -0.25) is 4.79 Å². The van der Waals surface area contributed by atoms with Crippen LogP contribution in [0.5, 0.6) is 11.5 Å². The smallest absolute Gasteiger partial charge is 0.255 e. The van der Waals surface area contributed by atoms with Crippen molar-refractivity contribution in [3.8, 4) is 11.5 Å². The third-order valence-corrected chi connectivity index (χ3v) is 2.04. The Bertz CT molecular complexity index is 394. The van der Waals surface area contributed by atoms with E-state index in [9.17, 15) is 15.0 Å². The van der Waals surface area contributed by atoms with E-state index in [1.807, 2.05) is 20.8 Å². The van der Waals surface area contributed by atoms with Crippen LogP contribution >= 0.6 is 0 Å². The number of nitrogens with one attached hydrogen (secondary N) is 1. The van der Waals surface area contributed by atoms with E-state index in [0.717, 1.165) is 0 Å². The molecule has 0 bridgehead atoms. The minimum atomic E-state index is -0.386. The summed E-state index contributed by atoms with van der Waals surface area (Å²) >= 11 is 0. The quantitative estimate of drug-likeness (QED) is 0.670. The molecule has 16 heavy (non-hydrogen) atoms. The Hall–Kier alpha value is -1.71. The standard InChI is InChI=1S/C12H17NO3/c1-12(2,3)7-13-11(16)8-5-4-6-9(14)10(8)15/h4-6,14-15H,7H2,1-3H3,(H,13,16). The second-order valence-electron chi connectivity index (χ2n) is 4.92. The number of phenolic OH excluding ortho intramolecular Hbond substituents is 2. The summed E-state index contributed by atoms with van der Waals surface area (Å²) in [5, 5.41) is 21.4. The molecule has 0 atom stereocenters. The number of para-hydroxylation sites is 1. The van der Waals surface area contributed by atoms with Gasteiger partial charge in [0.2, 0.25) is 0 Å². The molecule has 3 N–H and O–H groups in total. The summed E-state index contributed by atoms with van der Waals surface area (Å²) in [4.78, 5) is 11.7. The molecule has 0 aliphatic rings. The molecule has 1 amide bonds. The molecule has 0 saturated carbocycles. The zero-order valence-electron chi connectivity index (χ0n) is 9.74. The Morgan fingerprint density at radius 1 is 1.31 bits per heavy atom. The van der Waals surface area contributed by atoms with Crippen LogP contribution in [0.15, 0.2) is 18.2 Å². The second kappa shape index (κ2) is 4.43. The fourth-order valence-electron chi connectivity index (χ4n) is 1.16. The average Bonchev–Trinajstić information content (AvgIpc) is 2.17. The van der Waals surface area contributed by atoms with Crippen molar-refractivity contribution < 1.29 is 15.0 Å². The number of carbonyl (C=O) groups is 1. The monoisotopic (exact) mass is 223 g/mol. The molecule has 4 nitrogen and oxygen atoms in total. The van der Waals surface area contributed by atoms with Crippen molar-refractivity contribution in [3.05, 3.63) is 23.8 Å². The van der Waals surface area contributed by atoms with E-state index in [1.54, 1.807) is 0 Å². The zero-order valence-corrected chi connectivity index (χ0v) is 9.74. The Morgan fingerprint density at radius 2 is 1.94 bits per heavy atom. The van der Waals surface area contributed by atoms with Crippen LogP contribution in [0.4, 0.5) is 0 Å². The molecule has 1 rings (SSSR count). The van der Waals surface area contributed by atoms with E-state index in [0.29, 0.717) is 6.54 Å². The van der Waals surface area contributed by atoms with Crippen LogP contribution in [-0.2, 0) is 0 Å². The molecule has 4 heteroatoms. The maximum absolute atomic E-state index is 11.7. The predicted octanol–water partition coefficient (Wildman–Crippen LogP) is 1.87. The van der Waals surface area contributed by atoms with Gasteiger partial charge in [-0.15, -0.1) is 0 Å². The van der Waals surface area contributed by atoms with Gasteiger partial charge in [0, 0.05) is 6.54 Å². The molecule has 0 aromatic heterocycles. The van der Waals surface area contributed by atoms with E-state index in [2.05, 4.69) is 5.32 Å². The highest BCUT2D eigenvalue weighted by molar-refractivity contribution is 5.97. The van der Waals surface area contributed by atoms with Crippen molar-refractivity contribution in [2.24, 2.45) is 5.41 Å². The number of hydrogen-bond donors (Lipinski definition) is 3. The van der Waals surface area contributed by atoms with Gasteiger partial charge in [0.15, 0.2) is 11.5 Å². The fourth-order valence-corrected chi connectivity index (χ4v) is 1.16. The maximum Gasteiger partial charge on any atom is 0.255 e. The van der Waals surface area contributed by atoms with Crippen LogP contribution in [0.1, 0.15) is 31.1 Å². The molecule has 1 aromatic carbocycles. The summed E-state index contributed by atoms with van der Waals surface area (Å²) in [6, 6.07) is 4.31. The van der Waals surface area contributed by atoms with Crippen LogP contribution in [-0.4, -0.2) is 22.7 Å². The summed E-state index contributed by atoms with van der Waals surface area (Å²) in [7, 11) is 0. The fraction of sp³-hybridized carbons (Fsp3) is 0.417. The molecule has 88 valence electrons. The van der Waals surface area contributed by atoms with Crippen molar-refractivity contribution in [1.29, 1.82) is 0 Å². The number of aromatic hydroxyl groups is 2. The molecule has 1 aromatic rings. The summed E-state index contributed by atoms with van der Waals surface area (Å²) in [6.07, 6.45) is 0. The zero-order chi connectivity index (χ0) is 12.3. The number of phenols is 2. The van der Waals surface area contributed by atoms with Crippen LogP contribution in [0.2, 0.25) is 0 Å². The molecule has 0 aliphatic heterocycles. The van der Waals surface area contributed by atoms with Gasteiger partial charge in [-0.1, -0.05) is 26.8 Å². The Balaban J connectivity index is 2.78. The lowest BCUT2D eigenvalue weighted by molar-refractivity contribution is 0.0936. The topological polar surface area (TPSA) is 69.6 Å². The first-order chi connectivity index (χ1) is 7.31. The summed E-state index contributed by atoms with van der Waals surface area (Å²) in [5.41, 5.74) is 0.0616. The SMILES string of the molecule is CC(C)(C)CNC(=O)c1cccc(O)c1O. The Labute approximate surface area is 94.9 Å². The van der Waals surface area contributed by atoms with E-state index >= 15 is 0 Å². The largest absolute Gasteiger partial charge is 0.504 e. The first kappa shape index (κ1) is 12.4. The van der Waals surface area contributed by atoms with Crippen LogP contribution < -0.4 is 5.32 Å². The minimum absolute atomic E-state index is 0.0257. The molecule has 0 spiro atoms. The molecule has 0 radical (unpaired) electrons.